The van der Waals surface area contributed by atoms with Gasteiger partial charge in [0.05, 0.1) is 74.7 Å². The van der Waals surface area contributed by atoms with E-state index >= 15 is 4.79 Å². The van der Waals surface area contributed by atoms with Gasteiger partial charge in [0.15, 0.2) is 45.9 Å². The SMILES string of the molecule is C=CCOC(=O)N[C@@H](C(=O)N[C@H](C)C(=O)Nc1ccc(COC(=O)N2C[C@H]3C(O[Si](C)(C)C(C)(C)C)C(/C=C/C)=CN3C(=O)c3cc(OC)c(OCCCOc4cc5c(cc4OC)C(=O)N4C=C(/C=C/C)CC4C(O[Si](C)(C)C(C)(C)C)N5C(=O)O)cc32)cc1)C(C)C. The van der Waals surface area contributed by atoms with Crippen molar-refractivity contribution in [2.75, 3.05) is 55.7 Å². The molecule has 25 heteroatoms. The summed E-state index contributed by atoms with van der Waals surface area (Å²) >= 11 is 0. The molecule has 4 heterocycles. The predicted molar refractivity (Wildman–Crippen MR) is 360 cm³/mol. The Morgan fingerprint density at radius 2 is 1.28 bits per heavy atom. The van der Waals surface area contributed by atoms with E-state index in [0.29, 0.717) is 17.7 Å². The standard InChI is InChI=1S/C68H93N7O16Si2/c1-19-23-44-32-51-63(91-93(17,18)68(10,11)12)75(65(81)82)50-36-56(54(85-14)34-48(50)62(79)72(51)37-44)87-31-22-30-86-55-35-49-47(33-53(55)84-13)61(78)73-38-45(24-20-2)58(90-92(15,16)67(7,8)9)52(73)39-74(49)66(83)89-40-43-25-27-46(28-26-43)70-59(76)42(6)69-60(77)57(41(4)5)71-64(80)88-29-21-3/h19-21,23-28,33-38,41-42,51-52,57-58,63H,3,22,29-32,39-40H2,1-2,4-18H3,(H,69,77)(H,70,76)(H,71,80)(H,81,82)/b23-19+,24-20+/t42-,51?,52+,57-,58?,63?/m1/s1. The third-order valence-electron chi connectivity index (χ3n) is 17.7. The van der Waals surface area contributed by atoms with Gasteiger partial charge in [0, 0.05) is 36.6 Å². The Morgan fingerprint density at radius 3 is 1.82 bits per heavy atom. The quantitative estimate of drug-likeness (QED) is 0.0369. The second kappa shape index (κ2) is 29.7. The Labute approximate surface area is 548 Å². The Kier molecular flexibility index (Phi) is 23.0. The lowest BCUT2D eigenvalue weighted by Gasteiger charge is -2.44. The van der Waals surface area contributed by atoms with Gasteiger partial charge in [-0.25, -0.2) is 19.3 Å². The molecule has 7 rings (SSSR count). The second-order valence-corrected chi connectivity index (χ2v) is 36.3. The maximum atomic E-state index is 15.1. The van der Waals surface area contributed by atoms with Crippen molar-refractivity contribution in [2.45, 2.75) is 168 Å². The number of benzene rings is 3. The highest BCUT2D eigenvalue weighted by Gasteiger charge is 2.52. The van der Waals surface area contributed by atoms with Crippen LogP contribution < -0.4 is 44.7 Å². The highest BCUT2D eigenvalue weighted by Crippen LogP contribution is 2.48. The molecular formula is C68H93N7O16Si2. The molecule has 0 bridgehead atoms. The van der Waals surface area contributed by atoms with E-state index in [1.807, 2.05) is 51.2 Å². The monoisotopic (exact) mass is 1320 g/mol. The Morgan fingerprint density at radius 1 is 0.720 bits per heavy atom. The van der Waals surface area contributed by atoms with E-state index in [2.05, 4.69) is 77.2 Å². The number of amides is 7. The third kappa shape index (κ3) is 16.3. The van der Waals surface area contributed by atoms with E-state index in [4.69, 9.17) is 37.3 Å². The number of fused-ring (bicyclic) bond motifs is 4. The van der Waals surface area contributed by atoms with E-state index in [0.717, 1.165) is 16.0 Å². The average Bonchev–Trinajstić information content (AvgIpc) is 1.62. The summed E-state index contributed by atoms with van der Waals surface area (Å²) in [7, 11) is -2.32. The van der Waals surface area contributed by atoms with Crippen LogP contribution in [0.5, 0.6) is 23.0 Å². The summed E-state index contributed by atoms with van der Waals surface area (Å²) < 4.78 is 49.6. The van der Waals surface area contributed by atoms with Crippen LogP contribution in [0.25, 0.3) is 0 Å². The summed E-state index contributed by atoms with van der Waals surface area (Å²) in [6.45, 7) is 33.0. The highest BCUT2D eigenvalue weighted by molar-refractivity contribution is 6.74. The highest BCUT2D eigenvalue weighted by atomic mass is 28.4. The minimum atomic E-state index is -2.67. The van der Waals surface area contributed by atoms with Gasteiger partial charge >= 0.3 is 18.3 Å². The van der Waals surface area contributed by atoms with Gasteiger partial charge in [0.2, 0.25) is 11.8 Å². The number of allylic oxidation sites excluding steroid dienone is 3. The Hall–Kier alpha value is -8.40. The molecule has 3 aromatic carbocycles. The zero-order chi connectivity index (χ0) is 68.7. The van der Waals surface area contributed by atoms with Crippen LogP contribution in [0.15, 0.2) is 109 Å². The van der Waals surface area contributed by atoms with Crippen molar-refractivity contribution in [2.24, 2.45) is 5.92 Å². The molecule has 3 unspecified atom stereocenters. The van der Waals surface area contributed by atoms with E-state index < -0.39 is 95.0 Å². The van der Waals surface area contributed by atoms with Crippen LogP contribution in [-0.2, 0) is 34.5 Å². The number of carboxylic acid groups (broad SMARTS) is 1. The summed E-state index contributed by atoms with van der Waals surface area (Å²) in [5.74, 6) is -1.46. The van der Waals surface area contributed by atoms with Gasteiger partial charge in [-0.1, -0.05) is 104 Å². The number of hydrogen-bond donors (Lipinski definition) is 4. The van der Waals surface area contributed by atoms with Crippen molar-refractivity contribution in [1.82, 2.24) is 20.4 Å². The molecule has 23 nitrogen and oxygen atoms in total. The largest absolute Gasteiger partial charge is 0.493 e. The fourth-order valence-corrected chi connectivity index (χ4v) is 13.1. The number of ether oxygens (including phenoxy) is 6. The van der Waals surface area contributed by atoms with Crippen molar-refractivity contribution in [1.29, 1.82) is 0 Å². The van der Waals surface area contributed by atoms with Crippen LogP contribution in [0.4, 0.5) is 31.4 Å². The molecule has 0 radical (unpaired) electrons. The van der Waals surface area contributed by atoms with Crippen molar-refractivity contribution in [3.63, 3.8) is 0 Å². The number of nitrogens with one attached hydrogen (secondary N) is 3. The smallest absolute Gasteiger partial charge is 0.414 e. The number of nitrogens with zero attached hydrogens (tertiary/aromatic N) is 4. The lowest BCUT2D eigenvalue weighted by atomic mass is 10.0. The number of rotatable bonds is 24. The Balaban J connectivity index is 1.13. The first-order valence-electron chi connectivity index (χ1n) is 31.3. The van der Waals surface area contributed by atoms with E-state index in [1.54, 1.807) is 66.4 Å². The number of anilines is 3. The molecule has 4 N–H and O–H groups in total. The van der Waals surface area contributed by atoms with Crippen molar-refractivity contribution >= 4 is 75.6 Å². The molecule has 0 aliphatic carbocycles. The van der Waals surface area contributed by atoms with Gasteiger partial charge in [0.1, 0.15) is 25.3 Å². The van der Waals surface area contributed by atoms with Gasteiger partial charge in [-0.05, 0) is 110 Å². The fourth-order valence-electron chi connectivity index (χ4n) is 10.6. The number of carbonyl (C=O) groups excluding carboxylic acids is 6. The Bertz CT molecular complexity index is 3440. The number of hydrogen-bond acceptors (Lipinski definition) is 15. The zero-order valence-electron chi connectivity index (χ0n) is 56.7. The van der Waals surface area contributed by atoms with Gasteiger partial charge in [0.25, 0.3) is 11.8 Å². The molecule has 93 heavy (non-hydrogen) atoms. The molecule has 0 spiro atoms. The van der Waals surface area contributed by atoms with Crippen LogP contribution in [0, 0.1) is 5.92 Å². The first kappa shape index (κ1) is 72.0. The van der Waals surface area contributed by atoms with Gasteiger partial charge < -0.3 is 68.1 Å². The first-order valence-corrected chi connectivity index (χ1v) is 37.1. The number of alkyl carbamates (subject to hydrolysis) is 1. The van der Waals surface area contributed by atoms with Crippen molar-refractivity contribution in [3.8, 4) is 23.0 Å². The van der Waals surface area contributed by atoms with Crippen LogP contribution in [0.1, 0.15) is 115 Å². The van der Waals surface area contributed by atoms with Crippen LogP contribution >= 0.6 is 0 Å². The number of carbonyl (C=O) groups is 7. The molecule has 0 saturated heterocycles. The molecule has 504 valence electrons. The van der Waals surface area contributed by atoms with Crippen molar-refractivity contribution < 1.29 is 75.9 Å². The van der Waals surface area contributed by atoms with Crippen LogP contribution in [0.3, 0.4) is 0 Å². The summed E-state index contributed by atoms with van der Waals surface area (Å²) in [4.78, 5) is 103. The van der Waals surface area contributed by atoms with Crippen LogP contribution in [0.2, 0.25) is 36.3 Å². The van der Waals surface area contributed by atoms with Crippen molar-refractivity contribution in [3.05, 3.63) is 126 Å². The lowest BCUT2D eigenvalue weighted by Crippen LogP contribution is -2.57. The summed E-state index contributed by atoms with van der Waals surface area (Å²) in [5, 5.41) is 18.5. The summed E-state index contributed by atoms with van der Waals surface area (Å²) in [6, 6.07) is 9.38. The molecule has 0 saturated carbocycles. The lowest BCUT2D eigenvalue weighted by molar-refractivity contribution is -0.128. The molecule has 4 aliphatic rings. The predicted octanol–water partition coefficient (Wildman–Crippen LogP) is 12.3. The normalized spacial score (nSPS) is 18.9. The van der Waals surface area contributed by atoms with Gasteiger partial charge in [-0.2, -0.15) is 0 Å². The minimum Gasteiger partial charge on any atom is -0.493 e. The molecular weight excluding hydrogens is 1230 g/mol. The number of methoxy groups -OCH3 is 2. The second-order valence-electron chi connectivity index (χ2n) is 26.7. The maximum absolute atomic E-state index is 15.1. The van der Waals surface area contributed by atoms with E-state index in [-0.39, 0.29) is 101 Å². The molecule has 4 aliphatic heterocycles. The zero-order valence-corrected chi connectivity index (χ0v) is 58.7. The average molecular weight is 1320 g/mol. The van der Waals surface area contributed by atoms with Gasteiger partial charge in [-0.15, -0.1) is 0 Å². The molecule has 3 aromatic rings. The molecule has 6 atom stereocenters. The van der Waals surface area contributed by atoms with E-state index in [9.17, 15) is 33.9 Å². The molecule has 0 fully saturated rings. The third-order valence-corrected chi connectivity index (χ3v) is 26.6. The van der Waals surface area contributed by atoms with E-state index in [1.165, 1.54) is 50.3 Å². The van der Waals surface area contributed by atoms with Gasteiger partial charge in [-0.3, -0.25) is 24.1 Å². The topological polar surface area (TPSA) is 263 Å². The summed E-state index contributed by atoms with van der Waals surface area (Å²) in [6.07, 6.45) is 8.56. The minimum absolute atomic E-state index is 0.0285. The van der Waals surface area contributed by atoms with Crippen LogP contribution in [-0.4, -0.2) is 151 Å². The first-order chi connectivity index (χ1) is 43.7. The molecule has 0 aromatic heterocycles. The maximum Gasteiger partial charge on any atom is 0.414 e. The fraction of sp³-hybridized carbons (Fsp3) is 0.485. The molecule has 7 amide bonds. The summed E-state index contributed by atoms with van der Waals surface area (Å²) in [5.41, 5.74) is 3.09.